The topological polar surface area (TPSA) is 251 Å². The number of anilines is 6. The van der Waals surface area contributed by atoms with Crippen molar-refractivity contribution < 1.29 is 23.9 Å². The second-order valence-corrected chi connectivity index (χ2v) is 17.2. The smallest absolute Gasteiger partial charge is 0.291 e. The molecule has 20 heteroatoms. The van der Waals surface area contributed by atoms with Crippen molar-refractivity contribution in [2.75, 3.05) is 16.0 Å². The maximum atomic E-state index is 14.0. The van der Waals surface area contributed by atoms with Gasteiger partial charge in [0.2, 0.25) is 11.8 Å². The van der Waals surface area contributed by atoms with Gasteiger partial charge >= 0.3 is 0 Å². The van der Waals surface area contributed by atoms with Crippen LogP contribution >= 0.6 is 0 Å². The SMILES string of the molecule is CCn1nc(-c2ccccc2)c(C(C)=O)c(Nc2ccc(C)nc2)c1=O.CCn1nc(-c2ccccc2)c(C(C)=O)c(Nc2ccc(O)nc2)c1=O.CCn1nc(-c2ccccc2)c(C(C)=O)c(Nc2cccnc2F)c1=O. The highest BCUT2D eigenvalue weighted by atomic mass is 19.1. The van der Waals surface area contributed by atoms with E-state index in [1.807, 2.05) is 112 Å². The zero-order valence-electron chi connectivity index (χ0n) is 43.8. The Bertz CT molecular complexity index is 3630. The zero-order valence-corrected chi connectivity index (χ0v) is 43.8. The van der Waals surface area contributed by atoms with E-state index in [2.05, 4.69) is 46.2 Å². The standard InChI is InChI=1S/C20H20N4O2.C19H17FN4O2.C19H18N4O3/c1-4-24-20(26)19(22-16-11-10-13(2)21-12-16)17(14(3)25)18(23-24)15-8-6-5-7-9-15;1-3-24-19(26)17(22-14-10-7-11-21-18(14)20)15(12(2)25)16(23-24)13-8-5-4-6-9-13;1-3-23-19(26)18(21-14-9-10-15(25)20-11-14)16(12(2)24)17(22-23)13-7-5-4-6-8-13/h5-12,22H,4H2,1-3H3;4-11,22H,3H2,1-2H3;4-11,21H,3H2,1-2H3,(H,20,25). The van der Waals surface area contributed by atoms with Crippen molar-refractivity contribution in [3.63, 3.8) is 0 Å². The van der Waals surface area contributed by atoms with Crippen LogP contribution in [0.2, 0.25) is 0 Å². The van der Waals surface area contributed by atoms with E-state index in [9.17, 15) is 38.3 Å². The molecule has 0 radical (unpaired) electrons. The van der Waals surface area contributed by atoms with Crippen molar-refractivity contribution >= 4 is 51.5 Å². The molecule has 0 spiro atoms. The fraction of sp³-hybridized carbons (Fsp3) is 0.172. The average Bonchev–Trinajstić information content (AvgIpc) is 3.51. The van der Waals surface area contributed by atoms with E-state index in [0.717, 1.165) is 16.8 Å². The number of carbonyl (C=O) groups is 3. The monoisotopic (exact) mass is 1050 g/mol. The molecule has 0 bridgehead atoms. The molecule has 0 atom stereocenters. The summed E-state index contributed by atoms with van der Waals surface area (Å²) in [4.78, 5) is 87.1. The Morgan fingerprint density at radius 2 is 0.859 bits per heavy atom. The van der Waals surface area contributed by atoms with Gasteiger partial charge in [-0.15, -0.1) is 0 Å². The summed E-state index contributed by atoms with van der Waals surface area (Å²) in [6.07, 6.45) is 4.33. The molecule has 0 amide bonds. The summed E-state index contributed by atoms with van der Waals surface area (Å²) >= 11 is 0. The first kappa shape index (κ1) is 55.6. The summed E-state index contributed by atoms with van der Waals surface area (Å²) in [6, 6.07) is 37.3. The van der Waals surface area contributed by atoms with Crippen molar-refractivity contribution in [1.82, 2.24) is 44.3 Å². The molecule has 3 aromatic carbocycles. The number of aryl methyl sites for hydroxylation is 4. The Labute approximate surface area is 447 Å². The number of halogens is 1. The molecule has 0 aliphatic rings. The summed E-state index contributed by atoms with van der Waals surface area (Å²) in [5.74, 6) is -1.73. The third kappa shape index (κ3) is 12.9. The van der Waals surface area contributed by atoms with Gasteiger partial charge in [0.1, 0.15) is 34.1 Å². The van der Waals surface area contributed by atoms with Gasteiger partial charge in [0.25, 0.3) is 16.7 Å². The quantitative estimate of drug-likeness (QED) is 0.0550. The highest BCUT2D eigenvalue weighted by molar-refractivity contribution is 6.07. The van der Waals surface area contributed by atoms with Gasteiger partial charge in [0.15, 0.2) is 17.3 Å². The molecule has 6 aromatic heterocycles. The largest absolute Gasteiger partial charge is 0.493 e. The molecule has 0 saturated heterocycles. The predicted molar refractivity (Wildman–Crippen MR) is 298 cm³/mol. The summed E-state index contributed by atoms with van der Waals surface area (Å²) in [5, 5.41) is 31.3. The van der Waals surface area contributed by atoms with E-state index in [4.69, 9.17) is 0 Å². The molecule has 396 valence electrons. The number of pyridine rings is 3. The molecular formula is C58H55FN12O7. The first-order valence-electron chi connectivity index (χ1n) is 24.7. The molecule has 0 saturated carbocycles. The lowest BCUT2D eigenvalue weighted by molar-refractivity contribution is 0.101. The minimum Gasteiger partial charge on any atom is -0.493 e. The molecule has 0 fully saturated rings. The number of rotatable bonds is 15. The van der Waals surface area contributed by atoms with E-state index in [-0.39, 0.29) is 68.2 Å². The van der Waals surface area contributed by atoms with Crippen LogP contribution in [0.25, 0.3) is 33.8 Å². The molecule has 0 aliphatic carbocycles. The van der Waals surface area contributed by atoms with Crippen LogP contribution in [-0.2, 0) is 19.6 Å². The molecule has 6 heterocycles. The average molecular weight is 1050 g/mol. The fourth-order valence-corrected chi connectivity index (χ4v) is 8.03. The van der Waals surface area contributed by atoms with Gasteiger partial charge in [-0.3, -0.25) is 33.8 Å². The number of aromatic hydroxyl groups is 1. The van der Waals surface area contributed by atoms with Crippen LogP contribution in [-0.4, -0.2) is 66.7 Å². The van der Waals surface area contributed by atoms with Crippen LogP contribution in [0.15, 0.2) is 160 Å². The Kier molecular flexibility index (Phi) is 18.1. The minimum atomic E-state index is -0.762. The molecule has 78 heavy (non-hydrogen) atoms. The van der Waals surface area contributed by atoms with Crippen LogP contribution in [0.1, 0.15) is 78.3 Å². The molecule has 9 rings (SSSR count). The number of carbonyl (C=O) groups excluding carboxylic acids is 3. The summed E-state index contributed by atoms with van der Waals surface area (Å²) in [5.41, 5.74) is 5.25. The first-order chi connectivity index (χ1) is 37.5. The van der Waals surface area contributed by atoms with Gasteiger partial charge < -0.3 is 21.1 Å². The predicted octanol–water partition coefficient (Wildman–Crippen LogP) is 9.97. The zero-order chi connectivity index (χ0) is 56.0. The molecule has 0 aliphatic heterocycles. The van der Waals surface area contributed by atoms with E-state index in [1.54, 1.807) is 31.3 Å². The number of hydrogen-bond donors (Lipinski definition) is 4. The van der Waals surface area contributed by atoms with Gasteiger partial charge in [-0.1, -0.05) is 91.0 Å². The number of benzene rings is 3. The summed E-state index contributed by atoms with van der Waals surface area (Å²) in [6.45, 7) is 12.6. The van der Waals surface area contributed by atoms with Crippen molar-refractivity contribution in [1.29, 1.82) is 0 Å². The van der Waals surface area contributed by atoms with Gasteiger partial charge in [-0.25, -0.2) is 24.0 Å². The van der Waals surface area contributed by atoms with Gasteiger partial charge in [0.05, 0.1) is 46.1 Å². The fourth-order valence-electron chi connectivity index (χ4n) is 8.03. The lowest BCUT2D eigenvalue weighted by Gasteiger charge is -2.16. The molecule has 19 nitrogen and oxygen atoms in total. The van der Waals surface area contributed by atoms with Crippen molar-refractivity contribution in [3.8, 4) is 39.7 Å². The lowest BCUT2D eigenvalue weighted by Crippen LogP contribution is -2.28. The van der Waals surface area contributed by atoms with Crippen LogP contribution < -0.4 is 32.6 Å². The maximum absolute atomic E-state index is 14.0. The Hall–Kier alpha value is -10.1. The first-order valence-corrected chi connectivity index (χ1v) is 24.7. The van der Waals surface area contributed by atoms with E-state index < -0.39 is 17.1 Å². The summed E-state index contributed by atoms with van der Waals surface area (Å²) < 4.78 is 17.9. The van der Waals surface area contributed by atoms with Crippen molar-refractivity contribution in [2.45, 2.75) is 68.1 Å². The van der Waals surface area contributed by atoms with Gasteiger partial charge in [-0.2, -0.15) is 19.7 Å². The highest BCUT2D eigenvalue weighted by Gasteiger charge is 2.25. The number of Topliss-reactive ketones (excluding diaryl/α,β-unsaturated/α-hetero) is 3. The number of nitrogens with zero attached hydrogens (tertiary/aromatic N) is 9. The van der Waals surface area contributed by atoms with Gasteiger partial charge in [-0.05, 0) is 78.8 Å². The van der Waals surface area contributed by atoms with Crippen LogP contribution in [0.3, 0.4) is 0 Å². The van der Waals surface area contributed by atoms with Crippen LogP contribution in [0, 0.1) is 12.9 Å². The van der Waals surface area contributed by atoms with Gasteiger partial charge in [0, 0.05) is 54.3 Å². The Morgan fingerprint density at radius 1 is 0.487 bits per heavy atom. The van der Waals surface area contributed by atoms with E-state index >= 15 is 0 Å². The van der Waals surface area contributed by atoms with Crippen molar-refractivity contribution in [2.24, 2.45) is 0 Å². The van der Waals surface area contributed by atoms with E-state index in [0.29, 0.717) is 53.7 Å². The van der Waals surface area contributed by atoms with Crippen LogP contribution in [0.5, 0.6) is 5.88 Å². The lowest BCUT2D eigenvalue weighted by atomic mass is 10.0. The molecule has 0 unspecified atom stereocenters. The third-order valence-corrected chi connectivity index (χ3v) is 11.8. The second kappa shape index (κ2) is 25.4. The van der Waals surface area contributed by atoms with Crippen LogP contribution in [0.4, 0.5) is 38.5 Å². The number of ketones is 3. The number of hydrogen-bond acceptors (Lipinski definition) is 16. The summed E-state index contributed by atoms with van der Waals surface area (Å²) in [7, 11) is 0. The Balaban J connectivity index is 0.000000170. The minimum absolute atomic E-state index is 0.0138. The number of aromatic nitrogens is 9. The number of nitrogens with one attached hydrogen (secondary N) is 3. The normalized spacial score (nSPS) is 10.6. The second-order valence-electron chi connectivity index (χ2n) is 17.2. The molecule has 4 N–H and O–H groups in total. The molecule has 9 aromatic rings. The maximum Gasteiger partial charge on any atom is 0.291 e. The van der Waals surface area contributed by atoms with E-state index in [1.165, 1.54) is 65.4 Å². The third-order valence-electron chi connectivity index (χ3n) is 11.8. The Morgan fingerprint density at radius 3 is 1.18 bits per heavy atom. The highest BCUT2D eigenvalue weighted by Crippen LogP contribution is 2.31. The molecular weight excluding hydrogens is 996 g/mol. The van der Waals surface area contributed by atoms with Crippen molar-refractivity contribution in [3.05, 3.63) is 205 Å².